The van der Waals surface area contributed by atoms with Gasteiger partial charge in [0.1, 0.15) is 5.82 Å². The van der Waals surface area contributed by atoms with Gasteiger partial charge in [0.05, 0.1) is 12.2 Å². The summed E-state index contributed by atoms with van der Waals surface area (Å²) in [5.41, 5.74) is 1.11. The highest BCUT2D eigenvalue weighted by molar-refractivity contribution is 6.14. The fraction of sp³-hybridized carbons (Fsp3) is 0.375. The molecule has 3 nitrogen and oxygen atoms in total. The van der Waals surface area contributed by atoms with Crippen molar-refractivity contribution in [1.29, 1.82) is 0 Å². The van der Waals surface area contributed by atoms with Crippen LogP contribution in [0.15, 0.2) is 12.4 Å². The smallest absolute Gasteiger partial charge is 0.134 e. The first-order valence-corrected chi connectivity index (χ1v) is 4.30. The average molecular weight is 184 g/mol. The molecule has 0 saturated heterocycles. The fourth-order valence-corrected chi connectivity index (χ4v) is 1.39. The molecule has 0 fully saturated rings. The predicted molar refractivity (Wildman–Crippen MR) is 48.3 cm³/mol. The fourth-order valence-electron chi connectivity index (χ4n) is 1.24. The highest BCUT2D eigenvalue weighted by Crippen LogP contribution is 2.14. The first kappa shape index (κ1) is 7.68. The monoisotopic (exact) mass is 183 g/mol. The van der Waals surface area contributed by atoms with Crippen LogP contribution in [0.3, 0.4) is 0 Å². The molecule has 2 heterocycles. The number of aryl methyl sites for hydroxylation is 1. The summed E-state index contributed by atoms with van der Waals surface area (Å²) < 4.78 is 3.61. The molecule has 12 heavy (non-hydrogen) atoms. The van der Waals surface area contributed by atoms with E-state index in [2.05, 4.69) is 11.9 Å². The molecular formula is C8H10ClN3. The maximum atomic E-state index is 5.79. The van der Waals surface area contributed by atoms with Crippen LogP contribution in [0.4, 0.5) is 0 Å². The Morgan fingerprint density at radius 2 is 2.42 bits per heavy atom. The Morgan fingerprint density at radius 3 is 3.17 bits per heavy atom. The summed E-state index contributed by atoms with van der Waals surface area (Å²) >= 11 is 5.79. The molecule has 64 valence electrons. The lowest BCUT2D eigenvalue weighted by molar-refractivity contribution is 0.553. The van der Waals surface area contributed by atoms with Crippen LogP contribution in [0.2, 0.25) is 0 Å². The number of aromatic nitrogens is 2. The molecule has 1 aromatic rings. The molecule has 0 aliphatic carbocycles. The van der Waals surface area contributed by atoms with Crippen LogP contribution >= 0.6 is 11.8 Å². The van der Waals surface area contributed by atoms with Crippen molar-refractivity contribution < 1.29 is 0 Å². The van der Waals surface area contributed by atoms with E-state index in [0.717, 1.165) is 17.9 Å². The van der Waals surface area contributed by atoms with Crippen LogP contribution in [0, 0.1) is 0 Å². The first-order valence-electron chi connectivity index (χ1n) is 3.97. The number of hydrogen-bond donors (Lipinski definition) is 0. The van der Waals surface area contributed by atoms with E-state index in [1.54, 1.807) is 4.42 Å². The van der Waals surface area contributed by atoms with Crippen molar-refractivity contribution in [1.82, 2.24) is 14.0 Å². The Balaban J connectivity index is 2.37. The quantitative estimate of drug-likeness (QED) is 0.620. The van der Waals surface area contributed by atoms with Gasteiger partial charge in [-0.1, -0.05) is 6.92 Å². The zero-order valence-corrected chi connectivity index (χ0v) is 7.62. The highest BCUT2D eigenvalue weighted by atomic mass is 35.5. The van der Waals surface area contributed by atoms with Crippen molar-refractivity contribution in [3.05, 3.63) is 23.9 Å². The Bertz CT molecular complexity index is 316. The van der Waals surface area contributed by atoms with Gasteiger partial charge in [0.15, 0.2) is 0 Å². The second-order valence-corrected chi connectivity index (χ2v) is 3.20. The Labute approximate surface area is 76.4 Å². The zero-order valence-electron chi connectivity index (χ0n) is 6.87. The van der Waals surface area contributed by atoms with Gasteiger partial charge in [-0.2, -0.15) is 0 Å². The SMILES string of the molecule is CCc1cn2c(n1)CN(Cl)C=C2. The summed E-state index contributed by atoms with van der Waals surface area (Å²) in [6.45, 7) is 2.77. The van der Waals surface area contributed by atoms with Crippen LogP contribution in [-0.2, 0) is 13.0 Å². The number of fused-ring (bicyclic) bond motifs is 1. The van der Waals surface area contributed by atoms with E-state index < -0.39 is 0 Å². The van der Waals surface area contributed by atoms with Gasteiger partial charge in [-0.15, -0.1) is 0 Å². The van der Waals surface area contributed by atoms with Gasteiger partial charge in [-0.25, -0.2) is 4.98 Å². The zero-order chi connectivity index (χ0) is 8.55. The lowest BCUT2D eigenvalue weighted by atomic mass is 10.4. The molecule has 0 unspecified atom stereocenters. The summed E-state index contributed by atoms with van der Waals surface area (Å²) in [6, 6.07) is 0. The minimum absolute atomic E-state index is 0.679. The van der Waals surface area contributed by atoms with Crippen LogP contribution in [0.5, 0.6) is 0 Å². The number of nitrogens with zero attached hydrogens (tertiary/aromatic N) is 3. The van der Waals surface area contributed by atoms with Crippen molar-refractivity contribution in [3.8, 4) is 0 Å². The van der Waals surface area contributed by atoms with Gasteiger partial charge >= 0.3 is 0 Å². The highest BCUT2D eigenvalue weighted by Gasteiger charge is 2.10. The lowest BCUT2D eigenvalue weighted by Crippen LogP contribution is -2.12. The molecule has 1 aliphatic heterocycles. The summed E-state index contributed by atoms with van der Waals surface area (Å²) in [5, 5.41) is 0. The van der Waals surface area contributed by atoms with Crippen molar-refractivity contribution in [2.24, 2.45) is 0 Å². The molecular weight excluding hydrogens is 174 g/mol. The molecule has 1 aromatic heterocycles. The minimum atomic E-state index is 0.679. The van der Waals surface area contributed by atoms with Crippen molar-refractivity contribution in [2.75, 3.05) is 0 Å². The molecule has 0 saturated carbocycles. The van der Waals surface area contributed by atoms with Crippen molar-refractivity contribution in [3.63, 3.8) is 0 Å². The maximum absolute atomic E-state index is 5.79. The standard InChI is InChI=1S/C8H10ClN3/c1-2-7-5-11-3-4-12(9)6-8(11)10-7/h3-5H,2,6H2,1H3. The first-order chi connectivity index (χ1) is 5.79. The second kappa shape index (κ2) is 2.83. The molecule has 4 heteroatoms. The van der Waals surface area contributed by atoms with Gasteiger partial charge in [-0.05, 0) is 6.42 Å². The molecule has 0 bridgehead atoms. The van der Waals surface area contributed by atoms with Crippen LogP contribution < -0.4 is 0 Å². The van der Waals surface area contributed by atoms with Gasteiger partial charge in [-0.3, -0.25) is 4.42 Å². The number of hydrogen-bond acceptors (Lipinski definition) is 2. The van der Waals surface area contributed by atoms with E-state index in [0.29, 0.717) is 6.54 Å². The Kier molecular flexibility index (Phi) is 1.81. The van der Waals surface area contributed by atoms with Gasteiger partial charge in [0, 0.05) is 30.4 Å². The minimum Gasteiger partial charge on any atom is -0.307 e. The molecule has 1 aliphatic rings. The Hall–Kier alpha value is -0.960. The summed E-state index contributed by atoms with van der Waals surface area (Å²) in [4.78, 5) is 4.41. The van der Waals surface area contributed by atoms with E-state index in [9.17, 15) is 0 Å². The van der Waals surface area contributed by atoms with E-state index in [4.69, 9.17) is 11.8 Å². The Morgan fingerprint density at radius 1 is 1.58 bits per heavy atom. The van der Waals surface area contributed by atoms with Crippen molar-refractivity contribution >= 4 is 18.0 Å². The van der Waals surface area contributed by atoms with Crippen LogP contribution in [0.25, 0.3) is 6.20 Å². The molecule has 0 amide bonds. The van der Waals surface area contributed by atoms with Gasteiger partial charge < -0.3 is 4.57 Å². The third-order valence-electron chi connectivity index (χ3n) is 1.90. The van der Waals surface area contributed by atoms with Crippen LogP contribution in [-0.4, -0.2) is 14.0 Å². The van der Waals surface area contributed by atoms with E-state index in [-0.39, 0.29) is 0 Å². The number of rotatable bonds is 1. The lowest BCUT2D eigenvalue weighted by Gasteiger charge is -2.14. The molecule has 0 radical (unpaired) electrons. The van der Waals surface area contributed by atoms with Gasteiger partial charge in [0.2, 0.25) is 0 Å². The maximum Gasteiger partial charge on any atom is 0.134 e. The average Bonchev–Trinajstić information content (AvgIpc) is 2.46. The molecule has 0 N–H and O–H groups in total. The topological polar surface area (TPSA) is 21.1 Å². The summed E-state index contributed by atoms with van der Waals surface area (Å²) in [7, 11) is 0. The van der Waals surface area contributed by atoms with Gasteiger partial charge in [0.25, 0.3) is 0 Å². The molecule has 0 spiro atoms. The largest absolute Gasteiger partial charge is 0.307 e. The molecule has 0 aromatic carbocycles. The molecule has 2 rings (SSSR count). The normalized spacial score (nSPS) is 15.0. The summed E-state index contributed by atoms with van der Waals surface area (Å²) in [6.07, 6.45) is 6.75. The van der Waals surface area contributed by atoms with Crippen molar-refractivity contribution in [2.45, 2.75) is 19.9 Å². The molecule has 0 atom stereocenters. The van der Waals surface area contributed by atoms with E-state index in [1.165, 1.54) is 0 Å². The van der Waals surface area contributed by atoms with Crippen LogP contribution in [0.1, 0.15) is 18.4 Å². The number of imidazole rings is 1. The predicted octanol–water partition coefficient (Wildman–Crippen LogP) is 1.84. The second-order valence-electron chi connectivity index (χ2n) is 2.77. The summed E-state index contributed by atoms with van der Waals surface area (Å²) in [5.74, 6) is 1.00. The third kappa shape index (κ3) is 1.20. The number of halogens is 1. The van der Waals surface area contributed by atoms with E-state index in [1.807, 2.05) is 23.2 Å². The third-order valence-corrected chi connectivity index (χ3v) is 2.13. The van der Waals surface area contributed by atoms with E-state index >= 15 is 0 Å².